The van der Waals surface area contributed by atoms with Crippen molar-refractivity contribution in [3.05, 3.63) is 105 Å². The highest BCUT2D eigenvalue weighted by atomic mass is 32.2. The molecule has 5 rings (SSSR count). The smallest absolute Gasteiger partial charge is 0.293 e. The maximum Gasteiger partial charge on any atom is 0.293 e. The van der Waals surface area contributed by atoms with E-state index in [1.54, 1.807) is 18.2 Å². The van der Waals surface area contributed by atoms with E-state index in [-0.39, 0.29) is 30.1 Å². The molecule has 0 unspecified atom stereocenters. The third-order valence-corrected chi connectivity index (χ3v) is 7.54. The Labute approximate surface area is 219 Å². The minimum Gasteiger partial charge on any atom is -0.491 e. The Kier molecular flexibility index (Phi) is 6.89. The first-order chi connectivity index (χ1) is 17.8. The van der Waals surface area contributed by atoms with E-state index in [9.17, 15) is 14.0 Å². The van der Waals surface area contributed by atoms with Crippen molar-refractivity contribution < 1.29 is 18.7 Å². The fraction of sp³-hybridized carbons (Fsp3) is 0.200. The summed E-state index contributed by atoms with van der Waals surface area (Å²) in [4.78, 5) is 27.5. The molecule has 0 atom stereocenters. The molecule has 2 heterocycles. The normalized spacial score (nSPS) is 14.8. The third kappa shape index (κ3) is 4.91. The van der Waals surface area contributed by atoms with Gasteiger partial charge in [-0.15, -0.1) is 0 Å². The number of para-hydroxylation sites is 1. The van der Waals surface area contributed by atoms with Crippen LogP contribution in [0.25, 0.3) is 17.0 Å². The molecular formula is C30H27FN2O3S. The van der Waals surface area contributed by atoms with Gasteiger partial charge in [0.25, 0.3) is 11.1 Å². The Morgan fingerprint density at radius 3 is 2.54 bits per heavy atom. The van der Waals surface area contributed by atoms with Crippen LogP contribution in [-0.2, 0) is 11.3 Å². The van der Waals surface area contributed by atoms with Crippen molar-refractivity contribution in [1.29, 1.82) is 0 Å². The number of thioether (sulfide) groups is 1. The van der Waals surface area contributed by atoms with Gasteiger partial charge < -0.3 is 9.30 Å². The molecule has 1 aromatic heterocycles. The van der Waals surface area contributed by atoms with Crippen LogP contribution in [-0.4, -0.2) is 33.8 Å². The summed E-state index contributed by atoms with van der Waals surface area (Å²) in [5.74, 6) is 0.163. The number of aryl methyl sites for hydroxylation is 2. The maximum atomic E-state index is 14.4. The van der Waals surface area contributed by atoms with Gasteiger partial charge in [-0.25, -0.2) is 4.39 Å². The average molecular weight is 515 g/mol. The molecule has 2 amide bonds. The van der Waals surface area contributed by atoms with Crippen molar-refractivity contribution in [2.45, 2.75) is 27.3 Å². The fourth-order valence-electron chi connectivity index (χ4n) is 4.57. The first kappa shape index (κ1) is 24.8. The van der Waals surface area contributed by atoms with Crippen molar-refractivity contribution in [3.8, 4) is 5.75 Å². The van der Waals surface area contributed by atoms with Gasteiger partial charge in [0, 0.05) is 27.7 Å². The topological polar surface area (TPSA) is 51.5 Å². The number of amides is 2. The van der Waals surface area contributed by atoms with E-state index in [0.29, 0.717) is 17.0 Å². The summed E-state index contributed by atoms with van der Waals surface area (Å²) in [6.45, 7) is 6.66. The first-order valence-electron chi connectivity index (χ1n) is 12.1. The lowest BCUT2D eigenvalue weighted by molar-refractivity contribution is -0.123. The van der Waals surface area contributed by atoms with Gasteiger partial charge in [0.15, 0.2) is 0 Å². The van der Waals surface area contributed by atoms with E-state index < -0.39 is 0 Å². The molecule has 188 valence electrons. The zero-order valence-corrected chi connectivity index (χ0v) is 21.8. The minimum atomic E-state index is -0.329. The van der Waals surface area contributed by atoms with Crippen LogP contribution >= 0.6 is 11.8 Å². The monoisotopic (exact) mass is 514 g/mol. The van der Waals surface area contributed by atoms with Crippen LogP contribution in [0.4, 0.5) is 9.18 Å². The van der Waals surface area contributed by atoms with E-state index in [4.69, 9.17) is 4.74 Å². The number of fused-ring (bicyclic) bond motifs is 1. The van der Waals surface area contributed by atoms with Crippen molar-refractivity contribution in [3.63, 3.8) is 0 Å². The van der Waals surface area contributed by atoms with E-state index in [2.05, 4.69) is 0 Å². The van der Waals surface area contributed by atoms with Crippen LogP contribution in [0, 0.1) is 26.6 Å². The minimum absolute atomic E-state index is 0.170. The molecule has 5 nitrogen and oxygen atoms in total. The highest BCUT2D eigenvalue weighted by Crippen LogP contribution is 2.36. The van der Waals surface area contributed by atoms with Gasteiger partial charge in [-0.3, -0.25) is 14.5 Å². The molecule has 37 heavy (non-hydrogen) atoms. The fourth-order valence-corrected chi connectivity index (χ4v) is 5.42. The number of carbonyl (C=O) groups is 2. The lowest BCUT2D eigenvalue weighted by Crippen LogP contribution is -2.32. The zero-order valence-electron chi connectivity index (χ0n) is 21.0. The summed E-state index contributed by atoms with van der Waals surface area (Å²) in [6.07, 6.45) is 1.78. The van der Waals surface area contributed by atoms with Crippen LogP contribution < -0.4 is 4.74 Å². The Balaban J connectivity index is 1.39. The lowest BCUT2D eigenvalue weighted by atomic mass is 10.1. The number of aromatic nitrogens is 1. The highest BCUT2D eigenvalue weighted by Gasteiger charge is 2.35. The number of hydrogen-bond acceptors (Lipinski definition) is 4. The van der Waals surface area contributed by atoms with E-state index in [1.165, 1.54) is 11.0 Å². The molecule has 7 heteroatoms. The summed E-state index contributed by atoms with van der Waals surface area (Å²) in [6, 6.07) is 20.5. The summed E-state index contributed by atoms with van der Waals surface area (Å²) in [7, 11) is 0. The van der Waals surface area contributed by atoms with Crippen molar-refractivity contribution >= 4 is 39.9 Å². The number of hydrogen-bond donors (Lipinski definition) is 0. The Morgan fingerprint density at radius 2 is 1.73 bits per heavy atom. The quantitative estimate of drug-likeness (QED) is 0.253. The second kappa shape index (κ2) is 10.3. The van der Waals surface area contributed by atoms with Crippen molar-refractivity contribution in [2.75, 3.05) is 13.2 Å². The van der Waals surface area contributed by atoms with Crippen molar-refractivity contribution in [2.24, 2.45) is 0 Å². The van der Waals surface area contributed by atoms with Gasteiger partial charge in [-0.1, -0.05) is 48.5 Å². The van der Waals surface area contributed by atoms with Gasteiger partial charge >= 0.3 is 0 Å². The van der Waals surface area contributed by atoms with Gasteiger partial charge in [0.2, 0.25) is 0 Å². The number of rotatable bonds is 7. The molecule has 4 aromatic rings. The highest BCUT2D eigenvalue weighted by molar-refractivity contribution is 8.18. The van der Waals surface area contributed by atoms with Crippen LogP contribution in [0.1, 0.15) is 27.9 Å². The van der Waals surface area contributed by atoms with Crippen LogP contribution in [0.3, 0.4) is 0 Å². The molecule has 3 aromatic carbocycles. The van der Waals surface area contributed by atoms with E-state index in [1.807, 2.05) is 73.9 Å². The third-order valence-electron chi connectivity index (χ3n) is 6.63. The zero-order chi connectivity index (χ0) is 26.1. The lowest BCUT2D eigenvalue weighted by Gasteiger charge is -2.14. The molecule has 0 N–H and O–H groups in total. The standard InChI is InChI=1S/C30H27FN2O3S/c1-19-12-13-20(2)27(16-19)36-15-14-32-29(34)28(37-30(32)35)17-24-21(3)33(26-11-7-5-9-23(24)26)18-22-8-4-6-10-25(22)31/h4-13,16-17H,14-15,18H2,1-3H3/b28-17-. The second-order valence-electron chi connectivity index (χ2n) is 9.14. The van der Waals surface area contributed by atoms with Gasteiger partial charge in [0.05, 0.1) is 18.0 Å². The molecule has 1 aliphatic rings. The molecule has 0 aliphatic carbocycles. The molecule has 0 spiro atoms. The first-order valence-corrected chi connectivity index (χ1v) is 12.9. The van der Waals surface area contributed by atoms with Gasteiger partial charge in [0.1, 0.15) is 18.2 Å². The number of carbonyl (C=O) groups excluding carboxylic acids is 2. The number of halogens is 1. The van der Waals surface area contributed by atoms with Gasteiger partial charge in [-0.05, 0) is 67.9 Å². The molecule has 0 bridgehead atoms. The predicted octanol–water partition coefficient (Wildman–Crippen LogP) is 6.87. The number of nitrogens with zero attached hydrogens (tertiary/aromatic N) is 2. The van der Waals surface area contributed by atoms with Crippen molar-refractivity contribution in [1.82, 2.24) is 9.47 Å². The number of imide groups is 1. The second-order valence-corrected chi connectivity index (χ2v) is 10.1. The summed E-state index contributed by atoms with van der Waals surface area (Å²) in [5, 5.41) is 0.634. The summed E-state index contributed by atoms with van der Waals surface area (Å²) in [5.41, 5.74) is 5.36. The maximum absolute atomic E-state index is 14.4. The molecule has 0 saturated carbocycles. The van der Waals surface area contributed by atoms with E-state index in [0.717, 1.165) is 50.8 Å². The SMILES string of the molecule is Cc1ccc(C)c(OCCN2C(=O)S/C(=C\c3c(C)n(Cc4ccccc4F)c4ccccc34)C2=O)c1. The largest absolute Gasteiger partial charge is 0.491 e. The number of ether oxygens (including phenoxy) is 1. The van der Waals surface area contributed by atoms with E-state index >= 15 is 0 Å². The average Bonchev–Trinajstić information content (AvgIpc) is 3.30. The molecular weight excluding hydrogens is 487 g/mol. The summed E-state index contributed by atoms with van der Waals surface area (Å²) < 4.78 is 22.3. The molecule has 1 fully saturated rings. The van der Waals surface area contributed by atoms with Gasteiger partial charge in [-0.2, -0.15) is 0 Å². The predicted molar refractivity (Wildman–Crippen MR) is 146 cm³/mol. The van der Waals surface area contributed by atoms with Crippen LogP contribution in [0.2, 0.25) is 0 Å². The molecule has 1 saturated heterocycles. The van der Waals surface area contributed by atoms with Crippen LogP contribution in [0.15, 0.2) is 71.6 Å². The number of benzene rings is 3. The Hall–Kier alpha value is -3.84. The summed E-state index contributed by atoms with van der Waals surface area (Å²) >= 11 is 0.935. The molecule has 0 radical (unpaired) electrons. The Morgan fingerprint density at radius 1 is 0.973 bits per heavy atom. The molecule has 1 aliphatic heterocycles. The Bertz CT molecular complexity index is 1560. The van der Waals surface area contributed by atoms with Crippen LogP contribution in [0.5, 0.6) is 5.75 Å².